The normalized spacial score (nSPS) is 17.8. The fraction of sp³-hybridized carbons (Fsp3) is 0.607. The Morgan fingerprint density at radius 2 is 2.03 bits per heavy atom. The second kappa shape index (κ2) is 12.3. The first-order valence-corrected chi connectivity index (χ1v) is 16.4. The Kier molecular flexibility index (Phi) is 9.28. The molecule has 11 heteroatoms. The number of methoxy groups -OCH3 is 2. The van der Waals surface area contributed by atoms with E-state index in [0.717, 1.165) is 30.4 Å². The van der Waals surface area contributed by atoms with E-state index >= 15 is 0 Å². The Hall–Kier alpha value is -2.57. The van der Waals surface area contributed by atoms with Gasteiger partial charge in [0.1, 0.15) is 29.2 Å². The first-order valence-electron chi connectivity index (χ1n) is 13.5. The Labute approximate surface area is 232 Å². The molecule has 2 aliphatic rings. The lowest BCUT2D eigenvalue weighted by Gasteiger charge is -2.36. The molecule has 0 radical (unpaired) electrons. The van der Waals surface area contributed by atoms with Crippen LogP contribution in [0.2, 0.25) is 18.1 Å². The molecule has 1 unspecified atom stereocenters. The van der Waals surface area contributed by atoms with Gasteiger partial charge in [-0.1, -0.05) is 20.8 Å². The topological polar surface area (TPSA) is 104 Å². The molecule has 0 aliphatic carbocycles. The van der Waals surface area contributed by atoms with Crippen molar-refractivity contribution in [2.75, 3.05) is 44.2 Å². The second-order valence-corrected chi connectivity index (χ2v) is 16.3. The highest BCUT2D eigenvalue weighted by molar-refractivity contribution is 6.74. The summed E-state index contributed by atoms with van der Waals surface area (Å²) in [6.07, 6.45) is 3.43. The summed E-state index contributed by atoms with van der Waals surface area (Å²) < 4.78 is 29.1. The Morgan fingerprint density at radius 1 is 1.26 bits per heavy atom. The number of ether oxygens (including phenoxy) is 4. The van der Waals surface area contributed by atoms with E-state index in [9.17, 15) is 4.79 Å². The fourth-order valence-corrected chi connectivity index (χ4v) is 5.35. The molecular weight excluding hydrogens is 516 g/mol. The highest BCUT2D eigenvalue weighted by Gasteiger charge is 2.38. The Bertz CT molecular complexity index is 1150. The van der Waals surface area contributed by atoms with Crippen LogP contribution in [-0.2, 0) is 31.7 Å². The van der Waals surface area contributed by atoms with Gasteiger partial charge in [-0.3, -0.25) is 10.2 Å². The van der Waals surface area contributed by atoms with Gasteiger partial charge in [0.25, 0.3) is 0 Å². The van der Waals surface area contributed by atoms with E-state index in [1.54, 1.807) is 37.4 Å². The van der Waals surface area contributed by atoms with E-state index in [1.165, 1.54) is 0 Å². The summed E-state index contributed by atoms with van der Waals surface area (Å²) in [5.74, 6) is 1.65. The number of nitrogens with zero attached hydrogens (tertiary/aromatic N) is 3. The number of carbonyl (C=O) groups is 1. The average Bonchev–Trinajstić information content (AvgIpc) is 3.40. The number of aromatic nitrogens is 2. The molecule has 4 heterocycles. The number of hydrogen-bond donors (Lipinski definition) is 1. The summed E-state index contributed by atoms with van der Waals surface area (Å²) in [6, 6.07) is 5.29. The molecule has 1 saturated heterocycles. The molecule has 1 fully saturated rings. The zero-order valence-electron chi connectivity index (χ0n) is 24.2. The molecule has 214 valence electrons. The molecule has 2 aliphatic heterocycles. The van der Waals surface area contributed by atoms with E-state index in [4.69, 9.17) is 28.4 Å². The minimum absolute atomic E-state index is 0.0110. The molecule has 1 N–H and O–H groups in total. The first kappa shape index (κ1) is 29.4. The SMILES string of the molecule is COC(OC)c1nc2c(cc1CO[Si](C)(C)C(C)(C)C)CCCN2C(=O)Nc1cc(OC2CCOC2)ccn1. The van der Waals surface area contributed by atoms with Crippen LogP contribution in [0.5, 0.6) is 5.75 Å². The maximum atomic E-state index is 13.5. The number of fused-ring (bicyclic) bond motifs is 1. The zero-order valence-corrected chi connectivity index (χ0v) is 25.2. The van der Waals surface area contributed by atoms with Crippen molar-refractivity contribution in [3.05, 3.63) is 41.2 Å². The van der Waals surface area contributed by atoms with Gasteiger partial charge in [-0.15, -0.1) is 0 Å². The van der Waals surface area contributed by atoms with Gasteiger partial charge in [-0.05, 0) is 48.7 Å². The predicted molar refractivity (Wildman–Crippen MR) is 152 cm³/mol. The van der Waals surface area contributed by atoms with Gasteiger partial charge < -0.3 is 23.4 Å². The van der Waals surface area contributed by atoms with Crippen molar-refractivity contribution >= 4 is 26.0 Å². The average molecular weight is 559 g/mol. The van der Waals surface area contributed by atoms with Crippen molar-refractivity contribution in [3.63, 3.8) is 0 Å². The van der Waals surface area contributed by atoms with Crippen LogP contribution in [0.1, 0.15) is 56.7 Å². The molecule has 4 rings (SSSR count). The quantitative estimate of drug-likeness (QED) is 0.320. The van der Waals surface area contributed by atoms with Gasteiger partial charge in [0.2, 0.25) is 6.29 Å². The first-order chi connectivity index (χ1) is 18.5. The highest BCUT2D eigenvalue weighted by Crippen LogP contribution is 2.38. The number of rotatable bonds is 9. The van der Waals surface area contributed by atoms with Crippen LogP contribution >= 0.6 is 0 Å². The van der Waals surface area contributed by atoms with Gasteiger partial charge in [-0.25, -0.2) is 14.8 Å². The summed E-state index contributed by atoms with van der Waals surface area (Å²) in [5.41, 5.74) is 2.52. The molecule has 0 saturated carbocycles. The minimum Gasteiger partial charge on any atom is -0.488 e. The molecule has 2 amide bonds. The molecule has 39 heavy (non-hydrogen) atoms. The molecule has 0 spiro atoms. The van der Waals surface area contributed by atoms with Crippen LogP contribution in [0.25, 0.3) is 0 Å². The largest absolute Gasteiger partial charge is 0.488 e. The minimum atomic E-state index is -2.00. The van der Waals surface area contributed by atoms with Crippen LogP contribution < -0.4 is 15.0 Å². The third kappa shape index (κ3) is 6.96. The van der Waals surface area contributed by atoms with E-state index in [2.05, 4.69) is 50.2 Å². The Morgan fingerprint density at radius 3 is 2.69 bits per heavy atom. The van der Waals surface area contributed by atoms with Crippen LogP contribution in [0.4, 0.5) is 16.4 Å². The smallest absolute Gasteiger partial charge is 0.328 e. The monoisotopic (exact) mass is 558 g/mol. The number of pyridine rings is 2. The summed E-state index contributed by atoms with van der Waals surface area (Å²) in [6.45, 7) is 13.3. The maximum Gasteiger partial charge on any atom is 0.328 e. The van der Waals surface area contributed by atoms with E-state index in [-0.39, 0.29) is 17.2 Å². The van der Waals surface area contributed by atoms with Crippen molar-refractivity contribution in [1.82, 2.24) is 9.97 Å². The lowest BCUT2D eigenvalue weighted by Crippen LogP contribution is -2.41. The number of nitrogens with one attached hydrogen (secondary N) is 1. The standard InChI is InChI=1S/C28H42N4O6Si/c1-28(2,3)39(6,7)37-17-20-15-19-9-8-13-32(25(19)31-24(20)26(34-4)35-5)27(33)30-23-16-21(10-12-29-23)38-22-11-14-36-18-22/h10,12,15-16,22,26H,8-9,11,13-14,17-18H2,1-7H3,(H,29,30,33). The molecule has 0 aromatic carbocycles. The lowest BCUT2D eigenvalue weighted by atomic mass is 10.0. The van der Waals surface area contributed by atoms with Crippen molar-refractivity contribution in [3.8, 4) is 5.75 Å². The van der Waals surface area contributed by atoms with Crippen molar-refractivity contribution in [2.45, 2.75) is 77.2 Å². The number of anilines is 2. The van der Waals surface area contributed by atoms with E-state index in [1.807, 2.05) is 0 Å². The van der Waals surface area contributed by atoms with Crippen LogP contribution in [0.3, 0.4) is 0 Å². The van der Waals surface area contributed by atoms with E-state index < -0.39 is 14.6 Å². The molecular formula is C28H42N4O6Si. The lowest BCUT2D eigenvalue weighted by molar-refractivity contribution is -0.109. The Balaban J connectivity index is 1.57. The second-order valence-electron chi connectivity index (χ2n) is 11.5. The van der Waals surface area contributed by atoms with Crippen LogP contribution in [-0.4, -0.2) is 64.4 Å². The summed E-state index contributed by atoms with van der Waals surface area (Å²) in [4.78, 5) is 24.4. The third-order valence-corrected chi connectivity index (χ3v) is 12.2. The van der Waals surface area contributed by atoms with E-state index in [0.29, 0.717) is 49.4 Å². The molecule has 2 aromatic heterocycles. The van der Waals surface area contributed by atoms with Crippen molar-refractivity contribution in [1.29, 1.82) is 0 Å². The van der Waals surface area contributed by atoms with Crippen LogP contribution in [0.15, 0.2) is 24.4 Å². The third-order valence-electron chi connectivity index (χ3n) is 7.72. The fourth-order valence-electron chi connectivity index (χ4n) is 4.40. The molecule has 0 bridgehead atoms. The molecule has 10 nitrogen and oxygen atoms in total. The zero-order chi connectivity index (χ0) is 28.2. The predicted octanol–water partition coefficient (Wildman–Crippen LogP) is 5.44. The highest BCUT2D eigenvalue weighted by atomic mass is 28.4. The van der Waals surface area contributed by atoms with Gasteiger partial charge in [0.05, 0.1) is 19.8 Å². The number of carbonyl (C=O) groups excluding carboxylic acids is 1. The van der Waals surface area contributed by atoms with Gasteiger partial charge in [0.15, 0.2) is 8.32 Å². The number of urea groups is 1. The van der Waals surface area contributed by atoms with Crippen molar-refractivity contribution in [2.24, 2.45) is 0 Å². The summed E-state index contributed by atoms with van der Waals surface area (Å²) in [7, 11) is 1.16. The van der Waals surface area contributed by atoms with Crippen LogP contribution in [0, 0.1) is 0 Å². The van der Waals surface area contributed by atoms with Gasteiger partial charge in [-0.2, -0.15) is 0 Å². The number of amides is 2. The number of aryl methyl sites for hydroxylation is 1. The molecule has 2 aromatic rings. The summed E-state index contributed by atoms with van der Waals surface area (Å²) >= 11 is 0. The number of hydrogen-bond acceptors (Lipinski definition) is 8. The maximum absolute atomic E-state index is 13.5. The van der Waals surface area contributed by atoms with Gasteiger partial charge in [0, 0.05) is 45.0 Å². The summed E-state index contributed by atoms with van der Waals surface area (Å²) in [5, 5.41) is 2.99. The van der Waals surface area contributed by atoms with Crippen molar-refractivity contribution < 1.29 is 28.2 Å². The molecule has 1 atom stereocenters. The van der Waals surface area contributed by atoms with Gasteiger partial charge >= 0.3 is 6.03 Å².